The number of morpholine rings is 2. The SMILES string of the molecule is CCOC(=O)N1CCC(Nc2nc(Nc3ccc(N4CCOCC4)cc3)nc3nc[nH]c23)CC1.Cc1cccc(Nc2nc(Nc3ccc(N4CCOCC4)cc3)nc3nc[nH]c23)c1. The number of fused-ring (bicyclic) bond motifs is 2. The average molecular weight is 868 g/mol. The standard InChI is InChI=1S/C23H30N8O3.C22H23N7O/c1-2-34-23(32)31-9-7-17(8-10-31)26-21-19-20(25-15-24-19)28-22(29-21)27-16-3-5-18(6-4-16)30-11-13-33-14-12-30;1-15-3-2-4-17(13-15)25-21-19-20(24-14-23-19)27-22(28-21)26-16-5-7-18(8-6-16)29-9-11-30-12-10-29/h3-6,15,17H,2,7-14H2,1H3,(H3,24,25,26,27,28,29);2-8,13-14H,9-12H2,1H3,(H3,23,24,25,26,27,28). The number of H-pyrrole nitrogens is 2. The van der Waals surface area contributed by atoms with Gasteiger partial charge in [0.1, 0.15) is 11.0 Å². The number of piperidine rings is 1. The number of carbonyl (C=O) groups excluding carboxylic acids is 1. The Morgan fingerprint density at radius 3 is 1.73 bits per heavy atom. The summed E-state index contributed by atoms with van der Waals surface area (Å²) < 4.78 is 16.0. The van der Waals surface area contributed by atoms with Crippen molar-refractivity contribution in [1.29, 1.82) is 0 Å². The lowest BCUT2D eigenvalue weighted by Gasteiger charge is -2.31. The Hall–Kier alpha value is -7.25. The topological polar surface area (TPSA) is 212 Å². The number of carbonyl (C=O) groups is 1. The summed E-state index contributed by atoms with van der Waals surface area (Å²) in [4.78, 5) is 51.7. The molecule has 0 bridgehead atoms. The van der Waals surface area contributed by atoms with Gasteiger partial charge in [-0.15, -0.1) is 0 Å². The van der Waals surface area contributed by atoms with Crippen LogP contribution < -0.4 is 31.1 Å². The third kappa shape index (κ3) is 10.3. The van der Waals surface area contributed by atoms with Gasteiger partial charge in [0, 0.05) is 73.7 Å². The first kappa shape index (κ1) is 42.1. The second-order valence-corrected chi connectivity index (χ2v) is 15.6. The monoisotopic (exact) mass is 867 g/mol. The lowest BCUT2D eigenvalue weighted by atomic mass is 10.1. The summed E-state index contributed by atoms with van der Waals surface area (Å²) in [5, 5.41) is 13.5. The molecular weight excluding hydrogens is 815 g/mol. The lowest BCUT2D eigenvalue weighted by Crippen LogP contribution is -2.42. The largest absolute Gasteiger partial charge is 0.450 e. The van der Waals surface area contributed by atoms with Crippen LogP contribution in [0.4, 0.5) is 56.8 Å². The van der Waals surface area contributed by atoms with E-state index in [0.717, 1.165) is 93.5 Å². The van der Waals surface area contributed by atoms with E-state index in [1.165, 1.54) is 16.9 Å². The number of hydrogen-bond acceptors (Lipinski definition) is 16. The van der Waals surface area contributed by atoms with Gasteiger partial charge in [-0.05, 0) is 92.9 Å². The van der Waals surface area contributed by atoms with Crippen molar-refractivity contribution < 1.29 is 19.0 Å². The van der Waals surface area contributed by atoms with Crippen LogP contribution in [-0.2, 0) is 14.2 Å². The van der Waals surface area contributed by atoms with Crippen molar-refractivity contribution in [2.75, 3.05) is 103 Å². The van der Waals surface area contributed by atoms with E-state index in [1.807, 2.05) is 43.3 Å². The van der Waals surface area contributed by atoms with Gasteiger partial charge in [-0.25, -0.2) is 14.8 Å². The van der Waals surface area contributed by atoms with Gasteiger partial charge >= 0.3 is 6.09 Å². The molecule has 0 unspecified atom stereocenters. The van der Waals surface area contributed by atoms with Crippen LogP contribution in [0.3, 0.4) is 0 Å². The molecule has 332 valence electrons. The highest BCUT2D eigenvalue weighted by Gasteiger charge is 2.25. The van der Waals surface area contributed by atoms with Crippen molar-refractivity contribution in [3.8, 4) is 0 Å². The highest BCUT2D eigenvalue weighted by molar-refractivity contribution is 5.87. The highest BCUT2D eigenvalue weighted by atomic mass is 16.6. The fourth-order valence-electron chi connectivity index (χ4n) is 7.86. The summed E-state index contributed by atoms with van der Waals surface area (Å²) in [5.41, 5.74) is 9.05. The van der Waals surface area contributed by atoms with Gasteiger partial charge in [-0.2, -0.15) is 19.9 Å². The molecule has 19 heteroatoms. The van der Waals surface area contributed by atoms with Gasteiger partial charge in [0.05, 0.1) is 45.7 Å². The van der Waals surface area contributed by atoms with Crippen molar-refractivity contribution in [3.63, 3.8) is 0 Å². The molecule has 7 aromatic rings. The molecule has 3 fully saturated rings. The van der Waals surface area contributed by atoms with Crippen LogP contribution in [0.5, 0.6) is 0 Å². The molecule has 7 heterocycles. The Balaban J connectivity index is 0.000000163. The fourth-order valence-corrected chi connectivity index (χ4v) is 7.86. The van der Waals surface area contributed by atoms with E-state index in [9.17, 15) is 4.79 Å². The molecule has 1 amide bonds. The molecule has 0 saturated carbocycles. The summed E-state index contributed by atoms with van der Waals surface area (Å²) in [6.07, 6.45) is 4.62. The zero-order valence-electron chi connectivity index (χ0n) is 36.0. The Morgan fingerprint density at radius 2 is 1.20 bits per heavy atom. The summed E-state index contributed by atoms with van der Waals surface area (Å²) in [7, 11) is 0. The average Bonchev–Trinajstić information content (AvgIpc) is 4.02. The lowest BCUT2D eigenvalue weighted by molar-refractivity contribution is 0.0983. The van der Waals surface area contributed by atoms with Crippen LogP contribution >= 0.6 is 0 Å². The number of likely N-dealkylation sites (tertiary alicyclic amines) is 1. The normalized spacial score (nSPS) is 15.7. The van der Waals surface area contributed by atoms with Crippen LogP contribution in [-0.4, -0.2) is 129 Å². The molecule has 3 aromatic carbocycles. The molecule has 0 spiro atoms. The zero-order valence-corrected chi connectivity index (χ0v) is 36.0. The molecule has 0 aliphatic carbocycles. The minimum Gasteiger partial charge on any atom is -0.450 e. The number of aromatic nitrogens is 8. The first-order valence-electron chi connectivity index (χ1n) is 21.8. The van der Waals surface area contributed by atoms with Crippen molar-refractivity contribution in [2.45, 2.75) is 32.7 Å². The molecule has 4 aromatic heterocycles. The predicted molar refractivity (Wildman–Crippen MR) is 249 cm³/mol. The van der Waals surface area contributed by atoms with Crippen molar-refractivity contribution >= 4 is 80.4 Å². The minimum atomic E-state index is -0.245. The predicted octanol–water partition coefficient (Wildman–Crippen LogP) is 6.95. The van der Waals surface area contributed by atoms with Gasteiger partial charge in [0.25, 0.3) is 0 Å². The van der Waals surface area contributed by atoms with Gasteiger partial charge in [-0.1, -0.05) is 12.1 Å². The summed E-state index contributed by atoms with van der Waals surface area (Å²) >= 11 is 0. The van der Waals surface area contributed by atoms with Crippen LogP contribution in [0.1, 0.15) is 25.3 Å². The minimum absolute atomic E-state index is 0.188. The van der Waals surface area contributed by atoms with E-state index in [1.54, 1.807) is 17.6 Å². The number of ether oxygens (including phenoxy) is 3. The van der Waals surface area contributed by atoms with E-state index >= 15 is 0 Å². The maximum atomic E-state index is 12.0. The van der Waals surface area contributed by atoms with E-state index in [-0.39, 0.29) is 12.1 Å². The Labute approximate surface area is 370 Å². The van der Waals surface area contributed by atoms with E-state index in [2.05, 4.69) is 109 Å². The van der Waals surface area contributed by atoms with Crippen molar-refractivity contribution in [1.82, 2.24) is 44.8 Å². The molecule has 10 rings (SSSR count). The molecule has 64 heavy (non-hydrogen) atoms. The van der Waals surface area contributed by atoms with Gasteiger partial charge in [-0.3, -0.25) is 0 Å². The molecule has 0 atom stereocenters. The quantitative estimate of drug-likeness (QED) is 0.0777. The second kappa shape index (κ2) is 19.9. The summed E-state index contributed by atoms with van der Waals surface area (Å²) in [6.45, 7) is 12.3. The Bertz CT molecular complexity index is 2620. The highest BCUT2D eigenvalue weighted by Crippen LogP contribution is 2.28. The van der Waals surface area contributed by atoms with Gasteiger partial charge < -0.3 is 60.1 Å². The fraction of sp³-hybridized carbons (Fsp3) is 0.356. The molecular formula is C45H53N15O4. The Kier molecular flexibility index (Phi) is 13.0. The summed E-state index contributed by atoms with van der Waals surface area (Å²) in [6, 6.07) is 24.9. The summed E-state index contributed by atoms with van der Waals surface area (Å²) in [5.74, 6) is 2.34. The first-order chi connectivity index (χ1) is 31.4. The number of amides is 1. The maximum Gasteiger partial charge on any atom is 0.409 e. The Morgan fingerprint density at radius 1 is 0.672 bits per heavy atom. The number of benzene rings is 3. The third-order valence-corrected chi connectivity index (χ3v) is 11.2. The molecule has 3 aliphatic rings. The molecule has 0 radical (unpaired) electrons. The molecule has 6 N–H and O–H groups in total. The van der Waals surface area contributed by atoms with Crippen LogP contribution in [0.15, 0.2) is 85.5 Å². The number of aryl methyl sites for hydroxylation is 1. The number of aromatic amines is 2. The number of hydrogen-bond donors (Lipinski definition) is 6. The second-order valence-electron chi connectivity index (χ2n) is 15.6. The van der Waals surface area contributed by atoms with E-state index in [0.29, 0.717) is 54.5 Å². The third-order valence-electron chi connectivity index (χ3n) is 11.2. The molecule has 3 aliphatic heterocycles. The van der Waals surface area contributed by atoms with Crippen LogP contribution in [0, 0.1) is 6.92 Å². The van der Waals surface area contributed by atoms with Crippen LogP contribution in [0.2, 0.25) is 0 Å². The maximum absolute atomic E-state index is 12.0. The van der Waals surface area contributed by atoms with Crippen molar-refractivity contribution in [2.24, 2.45) is 0 Å². The number of imidazole rings is 2. The van der Waals surface area contributed by atoms with E-state index < -0.39 is 0 Å². The van der Waals surface area contributed by atoms with Crippen molar-refractivity contribution in [3.05, 3.63) is 91.0 Å². The number of rotatable bonds is 11. The number of nitrogens with one attached hydrogen (secondary N) is 6. The first-order valence-corrected chi connectivity index (χ1v) is 21.8. The smallest absolute Gasteiger partial charge is 0.409 e. The zero-order chi connectivity index (χ0) is 43.7. The van der Waals surface area contributed by atoms with Gasteiger partial charge in [0.2, 0.25) is 11.9 Å². The molecule has 19 nitrogen and oxygen atoms in total. The van der Waals surface area contributed by atoms with E-state index in [4.69, 9.17) is 19.2 Å². The van der Waals surface area contributed by atoms with Gasteiger partial charge in [0.15, 0.2) is 22.9 Å². The number of anilines is 9. The molecule has 3 saturated heterocycles. The number of nitrogens with zero attached hydrogens (tertiary/aromatic N) is 9. The van der Waals surface area contributed by atoms with Crippen LogP contribution in [0.25, 0.3) is 22.3 Å².